The molecule has 0 N–H and O–H groups in total. The van der Waals surface area contributed by atoms with E-state index in [9.17, 15) is 0 Å². The maximum absolute atomic E-state index is 4.78. The first kappa shape index (κ1) is 12.8. The summed E-state index contributed by atoms with van der Waals surface area (Å²) >= 11 is 2.32. The summed E-state index contributed by atoms with van der Waals surface area (Å²) in [5.41, 5.74) is 5.39. The van der Waals surface area contributed by atoms with Crippen LogP contribution in [0.4, 0.5) is 0 Å². The van der Waals surface area contributed by atoms with Crippen LogP contribution < -0.4 is 0 Å². The lowest BCUT2D eigenvalue weighted by Gasteiger charge is -2.03. The number of benzene rings is 2. The smallest absolute Gasteiger partial charge is 0.140 e. The van der Waals surface area contributed by atoms with Crippen LogP contribution in [0.15, 0.2) is 42.7 Å². The minimum Gasteiger partial charge on any atom is -0.334 e. The van der Waals surface area contributed by atoms with Crippen molar-refractivity contribution >= 4 is 44.7 Å². The van der Waals surface area contributed by atoms with Crippen LogP contribution >= 0.6 is 22.6 Å². The minimum absolute atomic E-state index is 0.972. The molecule has 4 aromatic rings. The van der Waals surface area contributed by atoms with Crippen LogP contribution in [0.5, 0.6) is 0 Å². The molecule has 0 unspecified atom stereocenters. The number of halogens is 1. The van der Waals surface area contributed by atoms with E-state index in [-0.39, 0.29) is 0 Å². The van der Waals surface area contributed by atoms with Gasteiger partial charge in [-0.2, -0.15) is 0 Å². The van der Waals surface area contributed by atoms with E-state index in [0.29, 0.717) is 0 Å². The maximum atomic E-state index is 4.78. The monoisotopic (exact) mass is 388 g/mol. The zero-order chi connectivity index (χ0) is 14.6. The van der Waals surface area contributed by atoms with Gasteiger partial charge in [-0.3, -0.25) is 0 Å². The van der Waals surface area contributed by atoms with Gasteiger partial charge in [0.1, 0.15) is 5.82 Å². The average molecular weight is 388 g/mol. The molecule has 21 heavy (non-hydrogen) atoms. The first-order valence-electron chi connectivity index (χ1n) is 6.67. The van der Waals surface area contributed by atoms with Crippen molar-refractivity contribution in [3.8, 4) is 11.4 Å². The van der Waals surface area contributed by atoms with Gasteiger partial charge in [0.15, 0.2) is 0 Å². The Morgan fingerprint density at radius 2 is 1.76 bits per heavy atom. The average Bonchev–Trinajstić information content (AvgIpc) is 3.00. The maximum Gasteiger partial charge on any atom is 0.140 e. The van der Waals surface area contributed by atoms with Gasteiger partial charge in [-0.1, -0.05) is 0 Å². The van der Waals surface area contributed by atoms with Crippen molar-refractivity contribution in [1.82, 2.24) is 19.1 Å². The fourth-order valence-electron chi connectivity index (χ4n) is 2.71. The van der Waals surface area contributed by atoms with Crippen molar-refractivity contribution in [1.29, 1.82) is 0 Å². The highest BCUT2D eigenvalue weighted by atomic mass is 127. The Balaban J connectivity index is 1.96. The summed E-state index contributed by atoms with van der Waals surface area (Å²) in [5.74, 6) is 0.972. The molecule has 0 saturated carbocycles. The molecule has 0 aliphatic carbocycles. The van der Waals surface area contributed by atoms with Gasteiger partial charge < -0.3 is 9.13 Å². The van der Waals surface area contributed by atoms with E-state index >= 15 is 0 Å². The van der Waals surface area contributed by atoms with Gasteiger partial charge in [-0.15, -0.1) is 0 Å². The second kappa shape index (κ2) is 4.56. The van der Waals surface area contributed by atoms with Gasteiger partial charge >= 0.3 is 0 Å². The Bertz CT molecular complexity index is 981. The standard InChI is InChI=1S/C16H13IN4/c1-20-9-18-12-7-10(3-5-14(12)20)16-19-13-8-11(17)4-6-15(13)21(16)2/h3-9H,1-2H3. The molecule has 0 bridgehead atoms. The van der Waals surface area contributed by atoms with Crippen molar-refractivity contribution in [2.45, 2.75) is 0 Å². The van der Waals surface area contributed by atoms with E-state index in [2.05, 4.69) is 75.6 Å². The molecule has 5 heteroatoms. The van der Waals surface area contributed by atoms with Crippen LogP contribution in [0.2, 0.25) is 0 Å². The van der Waals surface area contributed by atoms with Gasteiger partial charge in [0, 0.05) is 23.2 Å². The number of aryl methyl sites for hydroxylation is 2. The number of fused-ring (bicyclic) bond motifs is 2. The van der Waals surface area contributed by atoms with Gasteiger partial charge in [0.25, 0.3) is 0 Å². The van der Waals surface area contributed by atoms with Gasteiger partial charge in [-0.05, 0) is 59.0 Å². The predicted octanol–water partition coefficient (Wildman–Crippen LogP) is 3.73. The first-order chi connectivity index (χ1) is 10.1. The minimum atomic E-state index is 0.972. The second-order valence-electron chi connectivity index (χ2n) is 5.19. The largest absolute Gasteiger partial charge is 0.334 e. The summed E-state index contributed by atoms with van der Waals surface area (Å²) in [6, 6.07) is 12.6. The highest BCUT2D eigenvalue weighted by Crippen LogP contribution is 2.27. The summed E-state index contributed by atoms with van der Waals surface area (Å²) in [7, 11) is 4.06. The number of hydrogen-bond acceptors (Lipinski definition) is 2. The summed E-state index contributed by atoms with van der Waals surface area (Å²) in [4.78, 5) is 9.21. The molecule has 2 aromatic carbocycles. The van der Waals surface area contributed by atoms with Crippen molar-refractivity contribution in [3.05, 3.63) is 46.3 Å². The predicted molar refractivity (Wildman–Crippen MR) is 93.1 cm³/mol. The Kier molecular flexibility index (Phi) is 2.78. The summed E-state index contributed by atoms with van der Waals surface area (Å²) in [5, 5.41) is 0. The molecule has 0 aliphatic rings. The SMILES string of the molecule is Cn1cnc2cc(-c3nc4cc(I)ccc4n3C)ccc21. The number of imidazole rings is 2. The van der Waals surface area contributed by atoms with Gasteiger partial charge in [0.2, 0.25) is 0 Å². The number of nitrogens with zero attached hydrogens (tertiary/aromatic N) is 4. The lowest BCUT2D eigenvalue weighted by molar-refractivity contribution is 0.947. The molecule has 4 rings (SSSR count). The van der Waals surface area contributed by atoms with Crippen LogP contribution in [-0.4, -0.2) is 19.1 Å². The third-order valence-corrected chi connectivity index (χ3v) is 4.50. The van der Waals surface area contributed by atoms with Crippen LogP contribution in [0, 0.1) is 3.57 Å². The van der Waals surface area contributed by atoms with E-state index in [0.717, 1.165) is 33.5 Å². The van der Waals surface area contributed by atoms with Crippen molar-refractivity contribution in [2.24, 2.45) is 14.1 Å². The molecule has 2 heterocycles. The van der Waals surface area contributed by atoms with Gasteiger partial charge in [0.05, 0.1) is 28.4 Å². The molecular weight excluding hydrogens is 375 g/mol. The number of aromatic nitrogens is 4. The fraction of sp³-hybridized carbons (Fsp3) is 0.125. The fourth-order valence-corrected chi connectivity index (χ4v) is 3.18. The highest BCUT2D eigenvalue weighted by molar-refractivity contribution is 14.1. The zero-order valence-corrected chi connectivity index (χ0v) is 13.9. The number of hydrogen-bond donors (Lipinski definition) is 0. The lowest BCUT2D eigenvalue weighted by Crippen LogP contribution is -1.92. The molecule has 0 radical (unpaired) electrons. The summed E-state index contributed by atoms with van der Waals surface area (Å²) < 4.78 is 5.36. The molecule has 2 aromatic heterocycles. The topological polar surface area (TPSA) is 35.6 Å². The lowest BCUT2D eigenvalue weighted by atomic mass is 10.2. The molecule has 0 saturated heterocycles. The van der Waals surface area contributed by atoms with E-state index < -0.39 is 0 Å². The van der Waals surface area contributed by atoms with E-state index in [4.69, 9.17) is 4.98 Å². The van der Waals surface area contributed by atoms with E-state index in [1.165, 1.54) is 3.57 Å². The van der Waals surface area contributed by atoms with E-state index in [1.807, 2.05) is 17.9 Å². The van der Waals surface area contributed by atoms with Crippen molar-refractivity contribution in [3.63, 3.8) is 0 Å². The molecule has 0 fully saturated rings. The van der Waals surface area contributed by atoms with Crippen molar-refractivity contribution in [2.75, 3.05) is 0 Å². The quantitative estimate of drug-likeness (QED) is 0.466. The molecule has 104 valence electrons. The zero-order valence-electron chi connectivity index (χ0n) is 11.7. The van der Waals surface area contributed by atoms with Gasteiger partial charge in [-0.25, -0.2) is 9.97 Å². The molecule has 0 spiro atoms. The summed E-state index contributed by atoms with van der Waals surface area (Å²) in [6.07, 6.45) is 1.84. The molecule has 4 nitrogen and oxygen atoms in total. The van der Waals surface area contributed by atoms with Crippen LogP contribution in [0.3, 0.4) is 0 Å². The van der Waals surface area contributed by atoms with Crippen LogP contribution in [0.25, 0.3) is 33.5 Å². The summed E-state index contributed by atoms with van der Waals surface area (Å²) in [6.45, 7) is 0. The van der Waals surface area contributed by atoms with Crippen LogP contribution in [-0.2, 0) is 14.1 Å². The molecule has 0 aliphatic heterocycles. The Morgan fingerprint density at radius 1 is 0.952 bits per heavy atom. The molecule has 0 atom stereocenters. The normalized spacial score (nSPS) is 11.6. The third kappa shape index (κ3) is 1.95. The molecular formula is C16H13IN4. The van der Waals surface area contributed by atoms with Crippen LogP contribution in [0.1, 0.15) is 0 Å². The van der Waals surface area contributed by atoms with E-state index in [1.54, 1.807) is 0 Å². The molecule has 0 amide bonds. The Hall–Kier alpha value is -1.89. The highest BCUT2D eigenvalue weighted by Gasteiger charge is 2.11. The number of rotatable bonds is 1. The Morgan fingerprint density at radius 3 is 2.62 bits per heavy atom. The second-order valence-corrected chi connectivity index (χ2v) is 6.43. The third-order valence-electron chi connectivity index (χ3n) is 3.83. The Labute approximate surface area is 135 Å². The van der Waals surface area contributed by atoms with Crippen molar-refractivity contribution < 1.29 is 0 Å². The first-order valence-corrected chi connectivity index (χ1v) is 7.75.